The predicted octanol–water partition coefficient (Wildman–Crippen LogP) is 2.26. The maximum atomic E-state index is 12.4. The summed E-state index contributed by atoms with van der Waals surface area (Å²) >= 11 is 0. The third-order valence-electron chi connectivity index (χ3n) is 4.02. The van der Waals surface area contributed by atoms with Gasteiger partial charge in [-0.3, -0.25) is 4.79 Å². The molecule has 2 N–H and O–H groups in total. The fraction of sp³-hybridized carbons (Fsp3) is 0.562. The standard InChI is InChI=1S/C16H24N2O2/c1-11-7-6-10-17-15(11)16(19)18-12(2)13-8-4-5-9-14(13)20-3/h4-5,8-9,11-12,15,17H,6-7,10H2,1-3H3,(H,18,19)/t11?,12-,15?/m0/s1. The van der Waals surface area contributed by atoms with Gasteiger partial charge in [0.1, 0.15) is 5.75 Å². The molecule has 1 aromatic carbocycles. The van der Waals surface area contributed by atoms with Crippen molar-refractivity contribution in [2.75, 3.05) is 13.7 Å². The third-order valence-corrected chi connectivity index (χ3v) is 4.02. The van der Waals surface area contributed by atoms with Crippen LogP contribution in [0.3, 0.4) is 0 Å². The number of nitrogens with one attached hydrogen (secondary N) is 2. The van der Waals surface area contributed by atoms with E-state index in [1.807, 2.05) is 31.2 Å². The lowest BCUT2D eigenvalue weighted by molar-refractivity contribution is -0.125. The molecular formula is C16H24N2O2. The second kappa shape index (κ2) is 6.75. The van der Waals surface area contributed by atoms with Crippen LogP contribution in [0, 0.1) is 5.92 Å². The van der Waals surface area contributed by atoms with Gasteiger partial charge < -0.3 is 15.4 Å². The molecule has 0 aliphatic carbocycles. The Morgan fingerprint density at radius 2 is 2.20 bits per heavy atom. The van der Waals surface area contributed by atoms with Gasteiger partial charge in [-0.1, -0.05) is 25.1 Å². The van der Waals surface area contributed by atoms with E-state index < -0.39 is 0 Å². The van der Waals surface area contributed by atoms with E-state index in [1.54, 1.807) is 7.11 Å². The highest BCUT2D eigenvalue weighted by Crippen LogP contribution is 2.25. The Morgan fingerprint density at radius 3 is 2.90 bits per heavy atom. The molecule has 4 nitrogen and oxygen atoms in total. The molecule has 1 aliphatic rings. The zero-order chi connectivity index (χ0) is 14.5. The van der Waals surface area contributed by atoms with Gasteiger partial charge >= 0.3 is 0 Å². The summed E-state index contributed by atoms with van der Waals surface area (Å²) in [6.45, 7) is 5.04. The summed E-state index contributed by atoms with van der Waals surface area (Å²) in [5.41, 5.74) is 1.01. The molecule has 4 heteroatoms. The topological polar surface area (TPSA) is 50.4 Å². The van der Waals surface area contributed by atoms with Crippen molar-refractivity contribution in [1.82, 2.24) is 10.6 Å². The molecule has 0 spiro atoms. The van der Waals surface area contributed by atoms with Crippen molar-refractivity contribution in [2.45, 2.75) is 38.8 Å². The van der Waals surface area contributed by atoms with Crippen molar-refractivity contribution < 1.29 is 9.53 Å². The maximum Gasteiger partial charge on any atom is 0.237 e. The Kier molecular flexibility index (Phi) is 5.01. The summed E-state index contributed by atoms with van der Waals surface area (Å²) in [6.07, 6.45) is 2.25. The number of piperidine rings is 1. The molecule has 1 aliphatic heterocycles. The van der Waals surface area contributed by atoms with Crippen LogP contribution in [-0.2, 0) is 4.79 Å². The van der Waals surface area contributed by atoms with Gasteiger partial charge in [-0.15, -0.1) is 0 Å². The molecule has 110 valence electrons. The van der Waals surface area contributed by atoms with Crippen LogP contribution in [0.25, 0.3) is 0 Å². The van der Waals surface area contributed by atoms with Gasteiger partial charge in [-0.05, 0) is 38.3 Å². The van der Waals surface area contributed by atoms with Gasteiger partial charge in [0.25, 0.3) is 0 Å². The lowest BCUT2D eigenvalue weighted by Gasteiger charge is -2.30. The molecule has 2 rings (SSSR count). The molecule has 0 saturated carbocycles. The SMILES string of the molecule is COc1ccccc1[C@H](C)NC(=O)C1NCCCC1C. The fourth-order valence-corrected chi connectivity index (χ4v) is 2.81. The number of ether oxygens (including phenoxy) is 1. The van der Waals surface area contributed by atoms with Gasteiger partial charge in [0.2, 0.25) is 5.91 Å². The second-order valence-corrected chi connectivity index (χ2v) is 5.52. The first-order valence-electron chi connectivity index (χ1n) is 7.30. The third kappa shape index (κ3) is 3.31. The number of amides is 1. The van der Waals surface area contributed by atoms with Gasteiger partial charge in [0.15, 0.2) is 0 Å². The van der Waals surface area contributed by atoms with Crippen molar-refractivity contribution >= 4 is 5.91 Å². The van der Waals surface area contributed by atoms with E-state index in [2.05, 4.69) is 17.6 Å². The molecule has 1 aromatic rings. The summed E-state index contributed by atoms with van der Waals surface area (Å²) < 4.78 is 5.35. The number of benzene rings is 1. The largest absolute Gasteiger partial charge is 0.496 e. The molecule has 0 aromatic heterocycles. The highest BCUT2D eigenvalue weighted by Gasteiger charge is 2.28. The van der Waals surface area contributed by atoms with E-state index in [9.17, 15) is 4.79 Å². The van der Waals surface area contributed by atoms with E-state index in [1.165, 1.54) is 0 Å². The van der Waals surface area contributed by atoms with Crippen LogP contribution < -0.4 is 15.4 Å². The van der Waals surface area contributed by atoms with E-state index in [0.717, 1.165) is 30.7 Å². The minimum atomic E-state index is -0.0825. The zero-order valence-corrected chi connectivity index (χ0v) is 12.5. The highest BCUT2D eigenvalue weighted by molar-refractivity contribution is 5.82. The highest BCUT2D eigenvalue weighted by atomic mass is 16.5. The lowest BCUT2D eigenvalue weighted by Crippen LogP contribution is -2.51. The molecule has 20 heavy (non-hydrogen) atoms. The van der Waals surface area contributed by atoms with Gasteiger partial charge in [0, 0.05) is 5.56 Å². The number of hydrogen-bond donors (Lipinski definition) is 2. The van der Waals surface area contributed by atoms with E-state index >= 15 is 0 Å². The van der Waals surface area contributed by atoms with Crippen LogP contribution in [-0.4, -0.2) is 25.6 Å². The van der Waals surface area contributed by atoms with E-state index in [4.69, 9.17) is 4.74 Å². The predicted molar refractivity (Wildman–Crippen MR) is 79.7 cm³/mol. The Labute approximate surface area is 120 Å². The van der Waals surface area contributed by atoms with Crippen molar-refractivity contribution in [1.29, 1.82) is 0 Å². The number of para-hydroxylation sites is 1. The summed E-state index contributed by atoms with van der Waals surface area (Å²) in [4.78, 5) is 12.4. The maximum absolute atomic E-state index is 12.4. The Hall–Kier alpha value is -1.55. The quantitative estimate of drug-likeness (QED) is 0.887. The minimum Gasteiger partial charge on any atom is -0.496 e. The molecule has 1 saturated heterocycles. The average Bonchev–Trinajstić information content (AvgIpc) is 2.47. The number of hydrogen-bond acceptors (Lipinski definition) is 3. The number of carbonyl (C=O) groups is 1. The Balaban J connectivity index is 2.03. The van der Waals surface area contributed by atoms with Gasteiger partial charge in [0.05, 0.1) is 19.2 Å². The van der Waals surface area contributed by atoms with Gasteiger partial charge in [-0.2, -0.15) is 0 Å². The molecule has 1 fully saturated rings. The van der Waals surface area contributed by atoms with Crippen LogP contribution in [0.5, 0.6) is 5.75 Å². The monoisotopic (exact) mass is 276 g/mol. The molecular weight excluding hydrogens is 252 g/mol. The normalized spacial score (nSPS) is 23.9. The molecule has 0 bridgehead atoms. The van der Waals surface area contributed by atoms with E-state index in [0.29, 0.717) is 5.92 Å². The smallest absolute Gasteiger partial charge is 0.237 e. The number of methoxy groups -OCH3 is 1. The van der Waals surface area contributed by atoms with Crippen molar-refractivity contribution in [3.05, 3.63) is 29.8 Å². The van der Waals surface area contributed by atoms with Crippen molar-refractivity contribution in [3.8, 4) is 5.75 Å². The van der Waals surface area contributed by atoms with Crippen molar-refractivity contribution in [2.24, 2.45) is 5.92 Å². The first-order valence-corrected chi connectivity index (χ1v) is 7.30. The lowest BCUT2D eigenvalue weighted by atomic mass is 9.92. The molecule has 2 unspecified atom stereocenters. The molecule has 3 atom stereocenters. The van der Waals surface area contributed by atoms with Crippen LogP contribution in [0.4, 0.5) is 0 Å². The van der Waals surface area contributed by atoms with Crippen LogP contribution >= 0.6 is 0 Å². The van der Waals surface area contributed by atoms with Gasteiger partial charge in [-0.25, -0.2) is 0 Å². The van der Waals surface area contributed by atoms with Crippen LogP contribution in [0.2, 0.25) is 0 Å². The molecule has 1 amide bonds. The van der Waals surface area contributed by atoms with E-state index in [-0.39, 0.29) is 18.0 Å². The Morgan fingerprint density at radius 1 is 1.45 bits per heavy atom. The second-order valence-electron chi connectivity index (χ2n) is 5.52. The summed E-state index contributed by atoms with van der Waals surface area (Å²) in [5, 5.41) is 6.40. The van der Waals surface area contributed by atoms with Crippen LogP contribution in [0.15, 0.2) is 24.3 Å². The Bertz CT molecular complexity index is 462. The number of carbonyl (C=O) groups excluding carboxylic acids is 1. The molecule has 1 heterocycles. The van der Waals surface area contributed by atoms with Crippen molar-refractivity contribution in [3.63, 3.8) is 0 Å². The zero-order valence-electron chi connectivity index (χ0n) is 12.5. The summed E-state index contributed by atoms with van der Waals surface area (Å²) in [7, 11) is 1.65. The summed E-state index contributed by atoms with van der Waals surface area (Å²) in [5.74, 6) is 1.27. The fourth-order valence-electron chi connectivity index (χ4n) is 2.81. The number of rotatable bonds is 4. The average molecular weight is 276 g/mol. The minimum absolute atomic E-state index is 0.0606. The summed E-state index contributed by atoms with van der Waals surface area (Å²) in [6, 6.07) is 7.65. The molecule has 0 radical (unpaired) electrons. The first kappa shape index (κ1) is 14.9. The first-order chi connectivity index (χ1) is 9.63. The van der Waals surface area contributed by atoms with Crippen LogP contribution in [0.1, 0.15) is 38.3 Å².